The first-order valence-corrected chi connectivity index (χ1v) is 11.5. The van der Waals surface area contributed by atoms with Crippen LogP contribution in [0.15, 0.2) is 18.3 Å². The lowest BCUT2D eigenvalue weighted by atomic mass is 10.1. The predicted octanol–water partition coefficient (Wildman–Crippen LogP) is 1.15. The standard InChI is InChI=1S/C22H27F2N7O5/c1-14(32)2-3-17-13-30(22(34)36-17)16-8-18(23)21(19(24)9-16)29-4-5-31(35-7-6-29)20(33)12-25-10-15-11-26-28-27-15/h8-9,11,17,25H,2-7,10,12-13H2,1H3,(H,26,27,28)/t17-/m0/s1. The van der Waals surface area contributed by atoms with Gasteiger partial charge in [-0.3, -0.25) is 14.5 Å². The van der Waals surface area contributed by atoms with Gasteiger partial charge in [0.25, 0.3) is 5.91 Å². The Bertz CT molecular complexity index is 1080. The molecule has 2 amide bonds. The minimum absolute atomic E-state index is 0.0103. The summed E-state index contributed by atoms with van der Waals surface area (Å²) in [6, 6.07) is 2.16. The molecular formula is C22H27F2N7O5. The Morgan fingerprint density at radius 2 is 2.00 bits per heavy atom. The highest BCUT2D eigenvalue weighted by Gasteiger charge is 2.34. The minimum atomic E-state index is -0.848. The SMILES string of the molecule is CC(=O)CC[C@H]1CN(c2cc(F)c(N3CCON(C(=O)CNCc4cn[nH]n4)CC3)c(F)c2)C(=O)O1. The van der Waals surface area contributed by atoms with Gasteiger partial charge in [0, 0.05) is 38.2 Å². The summed E-state index contributed by atoms with van der Waals surface area (Å²) in [4.78, 5) is 44.0. The van der Waals surface area contributed by atoms with Gasteiger partial charge in [0.1, 0.15) is 17.6 Å². The first kappa shape index (κ1) is 25.4. The fourth-order valence-corrected chi connectivity index (χ4v) is 4.02. The number of carbonyl (C=O) groups is 3. The van der Waals surface area contributed by atoms with Crippen molar-refractivity contribution in [3.8, 4) is 0 Å². The second-order valence-electron chi connectivity index (χ2n) is 8.50. The third-order valence-corrected chi connectivity index (χ3v) is 5.83. The molecule has 0 unspecified atom stereocenters. The number of anilines is 2. The van der Waals surface area contributed by atoms with Crippen LogP contribution in [0.25, 0.3) is 0 Å². The maximum absolute atomic E-state index is 15.1. The van der Waals surface area contributed by atoms with Gasteiger partial charge in [-0.25, -0.2) is 18.6 Å². The Morgan fingerprint density at radius 3 is 2.69 bits per heavy atom. The highest BCUT2D eigenvalue weighted by molar-refractivity contribution is 5.90. The van der Waals surface area contributed by atoms with E-state index in [9.17, 15) is 14.4 Å². The van der Waals surface area contributed by atoms with Crippen LogP contribution >= 0.6 is 0 Å². The number of nitrogens with one attached hydrogen (secondary N) is 2. The quantitative estimate of drug-likeness (QED) is 0.513. The Morgan fingerprint density at radius 1 is 1.22 bits per heavy atom. The third kappa shape index (κ3) is 6.12. The first-order valence-electron chi connectivity index (χ1n) is 11.5. The van der Waals surface area contributed by atoms with Crippen molar-refractivity contribution >= 4 is 29.2 Å². The fourth-order valence-electron chi connectivity index (χ4n) is 4.02. The highest BCUT2D eigenvalue weighted by atomic mass is 19.1. The number of aromatic nitrogens is 3. The molecule has 2 fully saturated rings. The summed E-state index contributed by atoms with van der Waals surface area (Å²) < 4.78 is 35.3. The molecule has 12 nitrogen and oxygen atoms in total. The predicted molar refractivity (Wildman–Crippen MR) is 122 cm³/mol. The zero-order chi connectivity index (χ0) is 25.7. The number of amides is 2. The van der Waals surface area contributed by atoms with Crippen LogP contribution in [0.4, 0.5) is 25.0 Å². The Hall–Kier alpha value is -3.65. The van der Waals surface area contributed by atoms with Crippen molar-refractivity contribution in [1.29, 1.82) is 0 Å². The number of hydroxylamine groups is 2. The minimum Gasteiger partial charge on any atom is -0.444 e. The van der Waals surface area contributed by atoms with Crippen molar-refractivity contribution < 1.29 is 32.7 Å². The number of cyclic esters (lactones) is 1. The molecule has 14 heteroatoms. The molecule has 2 N–H and O–H groups in total. The lowest BCUT2D eigenvalue weighted by Crippen LogP contribution is -2.39. The van der Waals surface area contributed by atoms with E-state index < -0.39 is 23.8 Å². The third-order valence-electron chi connectivity index (χ3n) is 5.83. The average Bonchev–Trinajstić information content (AvgIpc) is 3.41. The summed E-state index contributed by atoms with van der Waals surface area (Å²) in [5, 5.41) is 14.1. The maximum Gasteiger partial charge on any atom is 0.414 e. The maximum atomic E-state index is 15.1. The van der Waals surface area contributed by atoms with Crippen LogP contribution in [-0.2, 0) is 25.7 Å². The molecule has 0 bridgehead atoms. The normalized spacial score (nSPS) is 18.4. The Balaban J connectivity index is 1.35. The molecule has 194 valence electrons. The lowest BCUT2D eigenvalue weighted by Gasteiger charge is -2.24. The van der Waals surface area contributed by atoms with Crippen LogP contribution in [0.2, 0.25) is 0 Å². The molecule has 2 aliphatic rings. The molecule has 2 saturated heterocycles. The number of hydrogen-bond donors (Lipinski definition) is 2. The van der Waals surface area contributed by atoms with Crippen LogP contribution < -0.4 is 15.1 Å². The Labute approximate surface area is 205 Å². The van der Waals surface area contributed by atoms with Gasteiger partial charge in [0.15, 0.2) is 11.6 Å². The van der Waals surface area contributed by atoms with Crippen molar-refractivity contribution in [2.24, 2.45) is 0 Å². The van der Waals surface area contributed by atoms with Gasteiger partial charge in [-0.1, -0.05) is 0 Å². The summed E-state index contributed by atoms with van der Waals surface area (Å²) in [6.07, 6.45) is 0.890. The highest BCUT2D eigenvalue weighted by Crippen LogP contribution is 2.32. The van der Waals surface area contributed by atoms with Gasteiger partial charge < -0.3 is 19.7 Å². The average molecular weight is 507 g/mol. The largest absolute Gasteiger partial charge is 0.444 e. The van der Waals surface area contributed by atoms with Gasteiger partial charge in [0.2, 0.25) is 0 Å². The van der Waals surface area contributed by atoms with E-state index in [1.165, 1.54) is 23.1 Å². The van der Waals surface area contributed by atoms with E-state index in [2.05, 4.69) is 20.7 Å². The molecule has 0 spiro atoms. The number of ketones is 1. The number of nitrogens with zero attached hydrogens (tertiary/aromatic N) is 5. The van der Waals surface area contributed by atoms with E-state index in [4.69, 9.17) is 9.57 Å². The van der Waals surface area contributed by atoms with Crippen molar-refractivity contribution in [1.82, 2.24) is 25.8 Å². The number of H-pyrrole nitrogens is 1. The van der Waals surface area contributed by atoms with Crippen LogP contribution in [0.3, 0.4) is 0 Å². The van der Waals surface area contributed by atoms with E-state index in [1.807, 2.05) is 0 Å². The number of Topliss-reactive ketones (excluding diaryl/α,β-unsaturated/α-hetero) is 1. The summed E-state index contributed by atoms with van der Waals surface area (Å²) in [6.45, 7) is 2.31. The first-order chi connectivity index (χ1) is 17.3. The molecule has 1 aromatic carbocycles. The van der Waals surface area contributed by atoms with Crippen LogP contribution in [0, 0.1) is 11.6 Å². The van der Waals surface area contributed by atoms with Crippen LogP contribution in [0.5, 0.6) is 0 Å². The second-order valence-corrected chi connectivity index (χ2v) is 8.50. The molecule has 36 heavy (non-hydrogen) atoms. The molecular weight excluding hydrogens is 480 g/mol. The fraction of sp³-hybridized carbons (Fsp3) is 0.500. The smallest absolute Gasteiger partial charge is 0.414 e. The zero-order valence-electron chi connectivity index (χ0n) is 19.7. The van der Waals surface area contributed by atoms with E-state index in [-0.39, 0.29) is 68.8 Å². The summed E-state index contributed by atoms with van der Waals surface area (Å²) in [5.74, 6) is -2.06. The molecule has 2 aromatic rings. The summed E-state index contributed by atoms with van der Waals surface area (Å²) in [5.41, 5.74) is 0.417. The van der Waals surface area contributed by atoms with E-state index in [0.717, 1.165) is 17.0 Å². The number of carbonyl (C=O) groups excluding carboxylic acids is 3. The zero-order valence-corrected chi connectivity index (χ0v) is 19.7. The van der Waals surface area contributed by atoms with E-state index >= 15 is 8.78 Å². The second kappa shape index (κ2) is 11.4. The molecule has 4 rings (SSSR count). The lowest BCUT2D eigenvalue weighted by molar-refractivity contribution is -0.180. The summed E-state index contributed by atoms with van der Waals surface area (Å²) in [7, 11) is 0. The molecule has 0 aliphatic carbocycles. The van der Waals surface area contributed by atoms with E-state index in [0.29, 0.717) is 18.7 Å². The molecule has 3 heterocycles. The van der Waals surface area contributed by atoms with Crippen molar-refractivity contribution in [2.75, 3.05) is 49.1 Å². The number of rotatable bonds is 9. The van der Waals surface area contributed by atoms with Gasteiger partial charge >= 0.3 is 6.09 Å². The van der Waals surface area contributed by atoms with Gasteiger partial charge in [-0.2, -0.15) is 15.4 Å². The molecule has 1 aromatic heterocycles. The number of aromatic amines is 1. The van der Waals surface area contributed by atoms with Crippen LogP contribution in [0.1, 0.15) is 25.5 Å². The topological polar surface area (TPSA) is 133 Å². The number of benzene rings is 1. The molecule has 2 aliphatic heterocycles. The summed E-state index contributed by atoms with van der Waals surface area (Å²) >= 11 is 0. The number of ether oxygens (including phenoxy) is 1. The van der Waals surface area contributed by atoms with Crippen LogP contribution in [-0.4, -0.2) is 83.7 Å². The van der Waals surface area contributed by atoms with Crippen molar-refractivity contribution in [3.05, 3.63) is 35.7 Å². The molecule has 1 atom stereocenters. The van der Waals surface area contributed by atoms with Crippen molar-refractivity contribution in [2.45, 2.75) is 32.4 Å². The molecule has 0 saturated carbocycles. The monoisotopic (exact) mass is 507 g/mol. The number of halogens is 2. The number of hydrogen-bond acceptors (Lipinski definition) is 9. The van der Waals surface area contributed by atoms with E-state index in [1.54, 1.807) is 0 Å². The molecule has 0 radical (unpaired) electrons. The van der Waals surface area contributed by atoms with Gasteiger partial charge in [-0.15, -0.1) is 0 Å². The Kier molecular flexibility index (Phi) is 8.05. The van der Waals surface area contributed by atoms with Gasteiger partial charge in [-0.05, 0) is 13.3 Å². The van der Waals surface area contributed by atoms with Crippen molar-refractivity contribution in [3.63, 3.8) is 0 Å². The van der Waals surface area contributed by atoms with Gasteiger partial charge in [0.05, 0.1) is 43.8 Å².